The fourth-order valence-electron chi connectivity index (χ4n) is 4.36. The number of rotatable bonds is 5. The molecule has 1 aliphatic carbocycles. The summed E-state index contributed by atoms with van der Waals surface area (Å²) in [6.45, 7) is 1.62. The molecule has 3 atom stereocenters. The Labute approximate surface area is 190 Å². The van der Waals surface area contributed by atoms with E-state index in [1.54, 1.807) is 36.4 Å². The zero-order valence-electron chi connectivity index (χ0n) is 17.5. The summed E-state index contributed by atoms with van der Waals surface area (Å²) >= 11 is 5.81. The van der Waals surface area contributed by atoms with Crippen molar-refractivity contribution in [2.45, 2.75) is 26.2 Å². The van der Waals surface area contributed by atoms with E-state index in [1.165, 1.54) is 17.0 Å². The second-order valence-corrected chi connectivity index (χ2v) is 8.76. The molecule has 1 heterocycles. The number of esters is 1. The first-order valence-electron chi connectivity index (χ1n) is 10.5. The second-order valence-electron chi connectivity index (χ2n) is 8.32. The number of nitrogens with zero attached hydrogens (tertiary/aromatic N) is 1. The van der Waals surface area contributed by atoms with Crippen LogP contribution in [-0.2, 0) is 19.1 Å². The first-order chi connectivity index (χ1) is 15.3. The molecule has 1 saturated heterocycles. The average molecular weight is 455 g/mol. The Balaban J connectivity index is 1.41. The third-order valence-electron chi connectivity index (χ3n) is 5.99. The second kappa shape index (κ2) is 9.12. The zero-order chi connectivity index (χ0) is 22.8. The molecule has 2 aliphatic rings. The molecule has 1 aliphatic heterocycles. The fraction of sp³-hybridized carbons (Fsp3) is 0.333. The Morgan fingerprint density at radius 2 is 1.78 bits per heavy atom. The highest BCUT2D eigenvalue weighted by atomic mass is 35.5. The number of carbonyl (C=O) groups excluding carboxylic acids is 4. The highest BCUT2D eigenvalue weighted by Gasteiger charge is 2.50. The van der Waals surface area contributed by atoms with E-state index in [0.29, 0.717) is 35.2 Å². The van der Waals surface area contributed by atoms with Crippen LogP contribution < -0.4 is 10.2 Å². The van der Waals surface area contributed by atoms with Gasteiger partial charge in [0.2, 0.25) is 11.8 Å². The van der Waals surface area contributed by atoms with Gasteiger partial charge in [-0.2, -0.15) is 0 Å². The quantitative estimate of drug-likeness (QED) is 0.543. The normalized spacial score (nSPS) is 22.4. The molecule has 0 radical (unpaired) electrons. The summed E-state index contributed by atoms with van der Waals surface area (Å²) in [6, 6.07) is 12.7. The summed E-state index contributed by atoms with van der Waals surface area (Å²) in [7, 11) is 0. The Morgan fingerprint density at radius 1 is 1.06 bits per heavy atom. The first-order valence-corrected chi connectivity index (χ1v) is 10.9. The van der Waals surface area contributed by atoms with Crippen molar-refractivity contribution in [3.63, 3.8) is 0 Å². The van der Waals surface area contributed by atoms with E-state index in [4.69, 9.17) is 16.3 Å². The molecular formula is C24H23ClN2O5. The summed E-state index contributed by atoms with van der Waals surface area (Å²) in [5.74, 6) is -1.81. The largest absolute Gasteiger partial charge is 0.452 e. The van der Waals surface area contributed by atoms with E-state index in [-0.39, 0.29) is 29.2 Å². The van der Waals surface area contributed by atoms with Crippen molar-refractivity contribution in [3.05, 3.63) is 59.1 Å². The number of benzene rings is 2. The number of ether oxygens (including phenoxy) is 1. The van der Waals surface area contributed by atoms with Gasteiger partial charge in [-0.25, -0.2) is 4.79 Å². The van der Waals surface area contributed by atoms with Gasteiger partial charge in [-0.3, -0.25) is 19.3 Å². The van der Waals surface area contributed by atoms with Gasteiger partial charge in [0.1, 0.15) is 0 Å². The first kappa shape index (κ1) is 22.0. The molecule has 0 unspecified atom stereocenters. The Bertz CT molecular complexity index is 1070. The minimum atomic E-state index is -0.719. The lowest BCUT2D eigenvalue weighted by molar-refractivity contribution is -0.122. The average Bonchev–Trinajstić information content (AvgIpc) is 3.03. The molecule has 4 rings (SSSR count). The monoisotopic (exact) mass is 454 g/mol. The molecule has 0 bridgehead atoms. The third kappa shape index (κ3) is 4.53. The molecule has 0 aromatic heterocycles. The molecule has 166 valence electrons. The lowest BCUT2D eigenvalue weighted by Gasteiger charge is -2.25. The fourth-order valence-corrected chi connectivity index (χ4v) is 4.49. The van der Waals surface area contributed by atoms with Crippen molar-refractivity contribution in [1.82, 2.24) is 0 Å². The third-order valence-corrected chi connectivity index (χ3v) is 6.24. The van der Waals surface area contributed by atoms with Gasteiger partial charge in [-0.05, 0) is 67.6 Å². The SMILES string of the molecule is C[C@@H]1CC[C@@H]2C(=O)N(c3cccc(C(=O)OCC(=O)Nc4ccc(Cl)cc4)c3)C(=O)[C@H]2C1. The maximum atomic E-state index is 12.9. The summed E-state index contributed by atoms with van der Waals surface area (Å²) < 4.78 is 5.10. The van der Waals surface area contributed by atoms with Gasteiger partial charge in [0.05, 0.1) is 23.1 Å². The molecule has 32 heavy (non-hydrogen) atoms. The number of hydrogen-bond donors (Lipinski definition) is 1. The van der Waals surface area contributed by atoms with Crippen LogP contribution in [0.1, 0.15) is 36.5 Å². The van der Waals surface area contributed by atoms with E-state index in [1.807, 2.05) is 0 Å². The molecule has 3 amide bonds. The van der Waals surface area contributed by atoms with E-state index in [0.717, 1.165) is 6.42 Å². The van der Waals surface area contributed by atoms with Crippen molar-refractivity contribution in [2.75, 3.05) is 16.8 Å². The predicted octanol–water partition coefficient (Wildman–Crippen LogP) is 4.06. The van der Waals surface area contributed by atoms with Gasteiger partial charge in [0.25, 0.3) is 5.91 Å². The van der Waals surface area contributed by atoms with Gasteiger partial charge in [-0.15, -0.1) is 0 Å². The van der Waals surface area contributed by atoms with Crippen molar-refractivity contribution in [2.24, 2.45) is 17.8 Å². The lowest BCUT2D eigenvalue weighted by atomic mass is 9.76. The Kier molecular flexibility index (Phi) is 6.28. The number of nitrogens with one attached hydrogen (secondary N) is 1. The van der Waals surface area contributed by atoms with Crippen LogP contribution in [-0.4, -0.2) is 30.3 Å². The molecule has 1 N–H and O–H groups in total. The van der Waals surface area contributed by atoms with Gasteiger partial charge in [-0.1, -0.05) is 24.6 Å². The summed E-state index contributed by atoms with van der Waals surface area (Å²) in [5.41, 5.74) is 1.03. The van der Waals surface area contributed by atoms with Crippen LogP contribution in [0.5, 0.6) is 0 Å². The predicted molar refractivity (Wildman–Crippen MR) is 119 cm³/mol. The van der Waals surface area contributed by atoms with E-state index >= 15 is 0 Å². The lowest BCUT2D eigenvalue weighted by Crippen LogP contribution is -2.31. The van der Waals surface area contributed by atoms with E-state index in [9.17, 15) is 19.2 Å². The summed E-state index contributed by atoms with van der Waals surface area (Å²) in [5, 5.41) is 3.14. The van der Waals surface area contributed by atoms with Gasteiger partial charge in [0, 0.05) is 10.7 Å². The van der Waals surface area contributed by atoms with Crippen LogP contribution in [0.2, 0.25) is 5.02 Å². The molecular weight excluding hydrogens is 432 g/mol. The maximum absolute atomic E-state index is 12.9. The van der Waals surface area contributed by atoms with Gasteiger partial charge >= 0.3 is 5.97 Å². The Hall–Kier alpha value is -3.19. The van der Waals surface area contributed by atoms with Crippen LogP contribution in [0, 0.1) is 17.8 Å². The summed E-state index contributed by atoms with van der Waals surface area (Å²) in [6.07, 6.45) is 2.34. The van der Waals surface area contributed by atoms with Crippen LogP contribution in [0.25, 0.3) is 0 Å². The summed E-state index contributed by atoms with van der Waals surface area (Å²) in [4.78, 5) is 51.5. The van der Waals surface area contributed by atoms with Crippen molar-refractivity contribution in [3.8, 4) is 0 Å². The van der Waals surface area contributed by atoms with Crippen molar-refractivity contribution < 1.29 is 23.9 Å². The number of fused-ring (bicyclic) bond motifs is 1. The molecule has 7 nitrogen and oxygen atoms in total. The molecule has 8 heteroatoms. The van der Waals surface area contributed by atoms with Gasteiger partial charge in [0.15, 0.2) is 6.61 Å². The van der Waals surface area contributed by atoms with Crippen LogP contribution in [0.15, 0.2) is 48.5 Å². The number of hydrogen-bond acceptors (Lipinski definition) is 5. The highest BCUT2D eigenvalue weighted by Crippen LogP contribution is 2.42. The molecule has 2 fully saturated rings. The molecule has 1 saturated carbocycles. The van der Waals surface area contributed by atoms with Gasteiger partial charge < -0.3 is 10.1 Å². The van der Waals surface area contributed by atoms with E-state index < -0.39 is 18.5 Å². The standard InChI is InChI=1S/C24H23ClN2O5/c1-14-5-10-19-20(11-14)23(30)27(22(19)29)18-4-2-3-15(12-18)24(31)32-13-21(28)26-17-8-6-16(25)7-9-17/h2-4,6-9,12,14,19-20H,5,10-11,13H2,1H3,(H,26,28)/t14-,19+,20+/m1/s1. The topological polar surface area (TPSA) is 92.8 Å². The minimum absolute atomic E-state index is 0.158. The van der Waals surface area contributed by atoms with Crippen LogP contribution in [0.3, 0.4) is 0 Å². The Morgan fingerprint density at radius 3 is 2.53 bits per heavy atom. The highest BCUT2D eigenvalue weighted by molar-refractivity contribution is 6.30. The molecule has 2 aromatic rings. The maximum Gasteiger partial charge on any atom is 0.338 e. The van der Waals surface area contributed by atoms with Crippen molar-refractivity contribution >= 4 is 46.7 Å². The van der Waals surface area contributed by atoms with Crippen LogP contribution >= 0.6 is 11.6 Å². The van der Waals surface area contributed by atoms with Crippen molar-refractivity contribution in [1.29, 1.82) is 0 Å². The van der Waals surface area contributed by atoms with E-state index in [2.05, 4.69) is 12.2 Å². The molecule has 2 aromatic carbocycles. The number of imide groups is 1. The minimum Gasteiger partial charge on any atom is -0.452 e. The number of anilines is 2. The number of amides is 3. The van der Waals surface area contributed by atoms with Crippen LogP contribution in [0.4, 0.5) is 11.4 Å². The number of halogens is 1. The smallest absolute Gasteiger partial charge is 0.338 e. The zero-order valence-corrected chi connectivity index (χ0v) is 18.3. The number of carbonyl (C=O) groups is 4. The molecule has 0 spiro atoms.